The van der Waals surface area contributed by atoms with E-state index in [4.69, 9.17) is 0 Å². The van der Waals surface area contributed by atoms with Crippen LogP contribution in [0.3, 0.4) is 0 Å². The van der Waals surface area contributed by atoms with Crippen molar-refractivity contribution in [3.8, 4) is 17.2 Å². The summed E-state index contributed by atoms with van der Waals surface area (Å²) in [6, 6.07) is 17.8. The van der Waals surface area contributed by atoms with Crippen molar-refractivity contribution in [2.24, 2.45) is 0 Å². The average Bonchev–Trinajstić information content (AvgIpc) is 3.11. The molecule has 1 atom stereocenters. The molecule has 0 unspecified atom stereocenters. The summed E-state index contributed by atoms with van der Waals surface area (Å²) in [6.07, 6.45) is 1.98. The lowest BCUT2D eigenvalue weighted by Crippen LogP contribution is -2.25. The number of benzene rings is 2. The average molecular weight is 461 g/mol. The molecular weight excluding hydrogens is 444 g/mol. The molecule has 1 N–H and O–H groups in total. The predicted octanol–water partition coefficient (Wildman–Crippen LogP) is 4.27. The van der Waals surface area contributed by atoms with E-state index in [0.717, 1.165) is 26.9 Å². The molecule has 0 fully saturated rings. The Bertz CT molecular complexity index is 1240. The van der Waals surface area contributed by atoms with Gasteiger partial charge in [0.25, 0.3) is 5.95 Å². The number of nitrogens with zero attached hydrogens (tertiary/aromatic N) is 5. The SMILES string of the molecule is Cc1nn(-c2nncc(-c3ccccc3)n2)c2c1[C@@H](c1ccc(Br)cc1)CC(=O)N2. The van der Waals surface area contributed by atoms with E-state index in [1.807, 2.05) is 61.5 Å². The van der Waals surface area contributed by atoms with Gasteiger partial charge in [-0.05, 0) is 24.6 Å². The third-order valence-corrected chi connectivity index (χ3v) is 5.71. The van der Waals surface area contributed by atoms with Crippen LogP contribution in [0.25, 0.3) is 17.2 Å². The van der Waals surface area contributed by atoms with Gasteiger partial charge in [-0.2, -0.15) is 14.9 Å². The molecule has 1 aliphatic heterocycles. The van der Waals surface area contributed by atoms with Gasteiger partial charge >= 0.3 is 0 Å². The van der Waals surface area contributed by atoms with Crippen LogP contribution >= 0.6 is 15.9 Å². The van der Waals surface area contributed by atoms with E-state index in [2.05, 4.69) is 41.5 Å². The fraction of sp³-hybridized carbons (Fsp3) is 0.136. The number of halogens is 1. The van der Waals surface area contributed by atoms with Crippen LogP contribution in [0, 0.1) is 6.92 Å². The summed E-state index contributed by atoms with van der Waals surface area (Å²) < 4.78 is 2.57. The number of nitrogens with one attached hydrogen (secondary N) is 1. The second-order valence-electron chi connectivity index (χ2n) is 7.12. The summed E-state index contributed by atoms with van der Waals surface area (Å²) in [5, 5.41) is 15.9. The molecule has 7 nitrogen and oxygen atoms in total. The molecule has 4 aromatic rings. The summed E-state index contributed by atoms with van der Waals surface area (Å²) >= 11 is 3.47. The number of carbonyl (C=O) groups is 1. The Labute approximate surface area is 181 Å². The first-order chi connectivity index (χ1) is 14.6. The van der Waals surface area contributed by atoms with E-state index >= 15 is 0 Å². The van der Waals surface area contributed by atoms with Gasteiger partial charge in [0.2, 0.25) is 5.91 Å². The van der Waals surface area contributed by atoms with Crippen molar-refractivity contribution in [1.82, 2.24) is 25.0 Å². The number of hydrogen-bond donors (Lipinski definition) is 1. The minimum atomic E-state index is -0.0825. The molecule has 0 saturated heterocycles. The van der Waals surface area contributed by atoms with Gasteiger partial charge in [-0.25, -0.2) is 4.98 Å². The van der Waals surface area contributed by atoms with Crippen LogP contribution in [-0.4, -0.2) is 30.9 Å². The lowest BCUT2D eigenvalue weighted by atomic mass is 9.86. The molecule has 3 heterocycles. The van der Waals surface area contributed by atoms with Crippen LogP contribution in [0.2, 0.25) is 0 Å². The Morgan fingerprint density at radius 1 is 1.10 bits per heavy atom. The van der Waals surface area contributed by atoms with Gasteiger partial charge in [0.15, 0.2) is 0 Å². The molecule has 30 heavy (non-hydrogen) atoms. The molecule has 2 aromatic heterocycles. The largest absolute Gasteiger partial charge is 0.310 e. The molecule has 1 amide bonds. The molecule has 1 aliphatic rings. The molecule has 0 aliphatic carbocycles. The molecule has 0 bridgehead atoms. The Morgan fingerprint density at radius 3 is 2.63 bits per heavy atom. The second-order valence-corrected chi connectivity index (χ2v) is 8.04. The topological polar surface area (TPSA) is 85.6 Å². The maximum absolute atomic E-state index is 12.5. The summed E-state index contributed by atoms with van der Waals surface area (Å²) in [7, 11) is 0. The van der Waals surface area contributed by atoms with Crippen molar-refractivity contribution in [3.05, 3.63) is 82.1 Å². The molecule has 8 heteroatoms. The van der Waals surface area contributed by atoms with Crippen LogP contribution in [-0.2, 0) is 4.79 Å². The van der Waals surface area contributed by atoms with Crippen LogP contribution in [0.1, 0.15) is 29.2 Å². The van der Waals surface area contributed by atoms with Crippen molar-refractivity contribution in [2.45, 2.75) is 19.3 Å². The Morgan fingerprint density at radius 2 is 1.87 bits per heavy atom. The third kappa shape index (κ3) is 3.29. The normalized spacial score (nSPS) is 15.5. The standard InChI is InChI=1S/C22H17BrN6O/c1-13-20-17(14-7-9-16(23)10-8-14)11-19(30)26-21(20)29(28-13)22-25-18(12-24-27-22)15-5-3-2-4-6-15/h2-10,12,17H,11H2,1H3,(H,26,30)/t17-/m1/s1. The molecule has 148 valence electrons. The van der Waals surface area contributed by atoms with Crippen molar-refractivity contribution in [1.29, 1.82) is 0 Å². The van der Waals surface area contributed by atoms with Gasteiger partial charge < -0.3 is 5.32 Å². The van der Waals surface area contributed by atoms with E-state index in [1.54, 1.807) is 10.9 Å². The van der Waals surface area contributed by atoms with Crippen LogP contribution in [0.15, 0.2) is 65.3 Å². The van der Waals surface area contributed by atoms with Gasteiger partial charge in [-0.15, -0.1) is 5.10 Å². The lowest BCUT2D eigenvalue weighted by Gasteiger charge is -2.24. The van der Waals surface area contributed by atoms with E-state index in [-0.39, 0.29) is 11.8 Å². The minimum absolute atomic E-state index is 0.0660. The van der Waals surface area contributed by atoms with Crippen molar-refractivity contribution >= 4 is 27.7 Å². The number of anilines is 1. The lowest BCUT2D eigenvalue weighted by molar-refractivity contribution is -0.116. The maximum atomic E-state index is 12.5. The van der Waals surface area contributed by atoms with Crippen molar-refractivity contribution in [3.63, 3.8) is 0 Å². The first kappa shape index (κ1) is 18.6. The highest BCUT2D eigenvalue weighted by Crippen LogP contribution is 2.40. The van der Waals surface area contributed by atoms with E-state index in [0.29, 0.717) is 23.9 Å². The first-order valence-electron chi connectivity index (χ1n) is 9.50. The summed E-state index contributed by atoms with van der Waals surface area (Å²) in [5.41, 5.74) is 4.49. The molecule has 0 saturated carbocycles. The van der Waals surface area contributed by atoms with Crippen LogP contribution in [0.5, 0.6) is 0 Å². The number of amides is 1. The number of rotatable bonds is 3. The third-order valence-electron chi connectivity index (χ3n) is 5.18. The number of aromatic nitrogens is 5. The molecule has 0 radical (unpaired) electrons. The number of carbonyl (C=O) groups excluding carboxylic acids is 1. The molecular formula is C22H17BrN6O. The fourth-order valence-electron chi connectivity index (χ4n) is 3.80. The van der Waals surface area contributed by atoms with Gasteiger partial charge in [0, 0.05) is 27.9 Å². The van der Waals surface area contributed by atoms with Gasteiger partial charge in [-0.3, -0.25) is 4.79 Å². The van der Waals surface area contributed by atoms with E-state index in [9.17, 15) is 4.79 Å². The zero-order chi connectivity index (χ0) is 20.7. The predicted molar refractivity (Wildman–Crippen MR) is 116 cm³/mol. The van der Waals surface area contributed by atoms with Crippen LogP contribution in [0.4, 0.5) is 5.82 Å². The zero-order valence-electron chi connectivity index (χ0n) is 16.1. The molecule has 2 aromatic carbocycles. The first-order valence-corrected chi connectivity index (χ1v) is 10.3. The summed E-state index contributed by atoms with van der Waals surface area (Å²) in [4.78, 5) is 17.2. The highest BCUT2D eigenvalue weighted by atomic mass is 79.9. The van der Waals surface area contributed by atoms with E-state index in [1.165, 1.54) is 0 Å². The van der Waals surface area contributed by atoms with Gasteiger partial charge in [0.1, 0.15) is 5.82 Å². The monoisotopic (exact) mass is 460 g/mol. The molecule has 5 rings (SSSR count). The van der Waals surface area contributed by atoms with Crippen LogP contribution < -0.4 is 5.32 Å². The quantitative estimate of drug-likeness (QED) is 0.493. The fourth-order valence-corrected chi connectivity index (χ4v) is 4.07. The zero-order valence-corrected chi connectivity index (χ0v) is 17.7. The summed E-state index contributed by atoms with van der Waals surface area (Å²) in [5.74, 6) is 0.769. The Hall–Kier alpha value is -3.39. The number of fused-ring (bicyclic) bond motifs is 1. The number of hydrogen-bond acceptors (Lipinski definition) is 5. The summed E-state index contributed by atoms with van der Waals surface area (Å²) in [6.45, 7) is 1.94. The Kier molecular flexibility index (Phi) is 4.63. The van der Waals surface area contributed by atoms with Crippen molar-refractivity contribution < 1.29 is 4.79 Å². The number of aryl methyl sites for hydroxylation is 1. The van der Waals surface area contributed by atoms with Crippen molar-refractivity contribution in [2.75, 3.05) is 5.32 Å². The van der Waals surface area contributed by atoms with Gasteiger partial charge in [-0.1, -0.05) is 58.4 Å². The second kappa shape index (κ2) is 7.46. The smallest absolute Gasteiger partial charge is 0.272 e. The highest BCUT2D eigenvalue weighted by Gasteiger charge is 2.33. The highest BCUT2D eigenvalue weighted by molar-refractivity contribution is 9.10. The maximum Gasteiger partial charge on any atom is 0.272 e. The molecule has 0 spiro atoms. The Balaban J connectivity index is 1.62. The minimum Gasteiger partial charge on any atom is -0.310 e. The van der Waals surface area contributed by atoms with Gasteiger partial charge in [0.05, 0.1) is 17.6 Å². The van der Waals surface area contributed by atoms with E-state index < -0.39 is 0 Å².